The molecule has 0 saturated carbocycles. The van der Waals surface area contributed by atoms with Gasteiger partial charge in [-0.05, 0) is 35.4 Å². The van der Waals surface area contributed by atoms with Gasteiger partial charge in [0.05, 0.1) is 11.6 Å². The molecule has 1 N–H and O–H groups in total. The molecule has 154 valence electrons. The van der Waals surface area contributed by atoms with E-state index in [-0.39, 0.29) is 18.6 Å². The SMILES string of the molecule is C[C@H](NC(=O)COC(=O)/C=C/c1cccc2cccnc12)c1cccc2ccccc12. The van der Waals surface area contributed by atoms with Gasteiger partial charge in [0.2, 0.25) is 0 Å². The van der Waals surface area contributed by atoms with Crippen molar-refractivity contribution < 1.29 is 14.3 Å². The number of fused-ring (bicyclic) bond motifs is 2. The van der Waals surface area contributed by atoms with Crippen molar-refractivity contribution in [3.05, 3.63) is 96.2 Å². The highest BCUT2D eigenvalue weighted by molar-refractivity contribution is 5.94. The Kier molecular flexibility index (Phi) is 6.03. The zero-order valence-corrected chi connectivity index (χ0v) is 17.1. The summed E-state index contributed by atoms with van der Waals surface area (Å²) in [5.74, 6) is -0.935. The van der Waals surface area contributed by atoms with Crippen LogP contribution < -0.4 is 5.32 Å². The number of ether oxygens (including phenoxy) is 1. The van der Waals surface area contributed by atoms with Gasteiger partial charge in [0.15, 0.2) is 6.61 Å². The second-order valence-corrected chi connectivity index (χ2v) is 7.22. The van der Waals surface area contributed by atoms with Crippen molar-refractivity contribution in [3.63, 3.8) is 0 Å². The van der Waals surface area contributed by atoms with Gasteiger partial charge in [-0.3, -0.25) is 9.78 Å². The van der Waals surface area contributed by atoms with Gasteiger partial charge in [0, 0.05) is 23.2 Å². The highest BCUT2D eigenvalue weighted by Gasteiger charge is 2.13. The number of pyridine rings is 1. The Morgan fingerprint density at radius 1 is 0.968 bits per heavy atom. The van der Waals surface area contributed by atoms with Crippen molar-refractivity contribution in [1.82, 2.24) is 10.3 Å². The van der Waals surface area contributed by atoms with Crippen LogP contribution >= 0.6 is 0 Å². The van der Waals surface area contributed by atoms with Crippen LogP contribution in [0.15, 0.2) is 85.1 Å². The molecule has 1 atom stereocenters. The second-order valence-electron chi connectivity index (χ2n) is 7.22. The average molecular weight is 410 g/mol. The molecule has 0 saturated heterocycles. The first kappa shape index (κ1) is 20.3. The van der Waals surface area contributed by atoms with Gasteiger partial charge >= 0.3 is 5.97 Å². The predicted octanol–water partition coefficient (Wildman–Crippen LogP) is 4.82. The Morgan fingerprint density at radius 3 is 2.61 bits per heavy atom. The Labute approximate surface area is 180 Å². The topological polar surface area (TPSA) is 68.3 Å². The molecule has 0 spiro atoms. The lowest BCUT2D eigenvalue weighted by atomic mass is 10.00. The molecule has 5 nitrogen and oxygen atoms in total. The molecule has 0 aliphatic heterocycles. The maximum atomic E-state index is 12.3. The number of benzene rings is 3. The number of carbonyl (C=O) groups is 2. The molecular formula is C26H22N2O3. The number of nitrogens with one attached hydrogen (secondary N) is 1. The quantitative estimate of drug-likeness (QED) is 0.365. The fourth-order valence-corrected chi connectivity index (χ4v) is 3.59. The summed E-state index contributed by atoms with van der Waals surface area (Å²) < 4.78 is 5.10. The Bertz CT molecular complexity index is 1270. The van der Waals surface area contributed by atoms with E-state index in [9.17, 15) is 9.59 Å². The van der Waals surface area contributed by atoms with Crippen molar-refractivity contribution in [2.75, 3.05) is 6.61 Å². The molecule has 0 fully saturated rings. The third-order valence-corrected chi connectivity index (χ3v) is 5.08. The molecule has 0 aliphatic rings. The molecule has 0 radical (unpaired) electrons. The molecule has 3 aromatic carbocycles. The zero-order valence-electron chi connectivity index (χ0n) is 17.1. The van der Waals surface area contributed by atoms with Crippen LogP contribution in [0.5, 0.6) is 0 Å². The number of nitrogens with zero attached hydrogens (tertiary/aromatic N) is 1. The first-order chi connectivity index (χ1) is 15.1. The van der Waals surface area contributed by atoms with Gasteiger partial charge in [-0.1, -0.05) is 66.7 Å². The number of carbonyl (C=O) groups excluding carboxylic acids is 2. The number of rotatable bonds is 6. The maximum Gasteiger partial charge on any atom is 0.331 e. The maximum absolute atomic E-state index is 12.3. The van der Waals surface area contributed by atoms with Crippen LogP contribution in [0.3, 0.4) is 0 Å². The fraction of sp³-hybridized carbons (Fsp3) is 0.115. The van der Waals surface area contributed by atoms with E-state index in [0.717, 1.165) is 32.8 Å². The predicted molar refractivity (Wildman–Crippen MR) is 122 cm³/mol. The van der Waals surface area contributed by atoms with Crippen LogP contribution in [-0.2, 0) is 14.3 Å². The summed E-state index contributed by atoms with van der Waals surface area (Å²) in [6.07, 6.45) is 4.67. The van der Waals surface area contributed by atoms with Crippen molar-refractivity contribution >= 4 is 39.6 Å². The number of hydrogen-bond acceptors (Lipinski definition) is 4. The van der Waals surface area contributed by atoms with E-state index in [1.807, 2.05) is 79.7 Å². The summed E-state index contributed by atoms with van der Waals surface area (Å²) in [6, 6.07) is 23.3. The first-order valence-electron chi connectivity index (χ1n) is 10.1. The minimum atomic E-state index is -0.583. The van der Waals surface area contributed by atoms with Crippen LogP contribution in [0.2, 0.25) is 0 Å². The molecular weight excluding hydrogens is 388 g/mol. The molecule has 1 aromatic heterocycles. The zero-order chi connectivity index (χ0) is 21.6. The summed E-state index contributed by atoms with van der Waals surface area (Å²) in [5.41, 5.74) is 2.63. The smallest absolute Gasteiger partial charge is 0.331 e. The van der Waals surface area contributed by atoms with Crippen molar-refractivity contribution in [3.8, 4) is 0 Å². The van der Waals surface area contributed by atoms with Crippen molar-refractivity contribution in [2.24, 2.45) is 0 Å². The van der Waals surface area contributed by atoms with Gasteiger partial charge in [-0.25, -0.2) is 4.79 Å². The second kappa shape index (κ2) is 9.22. The van der Waals surface area contributed by atoms with E-state index >= 15 is 0 Å². The molecule has 0 aliphatic carbocycles. The summed E-state index contributed by atoms with van der Waals surface area (Å²) >= 11 is 0. The summed E-state index contributed by atoms with van der Waals surface area (Å²) in [6.45, 7) is 1.57. The fourth-order valence-electron chi connectivity index (χ4n) is 3.59. The van der Waals surface area contributed by atoms with Crippen LogP contribution in [0.25, 0.3) is 27.8 Å². The normalized spacial score (nSPS) is 12.2. The number of esters is 1. The minimum Gasteiger partial charge on any atom is -0.452 e. The number of amides is 1. The molecule has 31 heavy (non-hydrogen) atoms. The van der Waals surface area contributed by atoms with Crippen LogP contribution in [0, 0.1) is 0 Å². The number of aromatic nitrogens is 1. The van der Waals surface area contributed by atoms with Crippen LogP contribution in [0.1, 0.15) is 24.1 Å². The van der Waals surface area contributed by atoms with Crippen molar-refractivity contribution in [2.45, 2.75) is 13.0 Å². The highest BCUT2D eigenvalue weighted by Crippen LogP contribution is 2.24. The van der Waals surface area contributed by atoms with E-state index in [1.165, 1.54) is 6.08 Å². The van der Waals surface area contributed by atoms with E-state index < -0.39 is 5.97 Å². The van der Waals surface area contributed by atoms with E-state index in [4.69, 9.17) is 4.74 Å². The first-order valence-corrected chi connectivity index (χ1v) is 10.1. The highest BCUT2D eigenvalue weighted by atomic mass is 16.5. The molecule has 1 heterocycles. The Hall–Kier alpha value is -3.99. The van der Waals surface area contributed by atoms with Gasteiger partial charge in [0.1, 0.15) is 0 Å². The third kappa shape index (κ3) is 4.78. The van der Waals surface area contributed by atoms with E-state index in [1.54, 1.807) is 12.3 Å². The summed E-state index contributed by atoms with van der Waals surface area (Å²) in [5, 5.41) is 6.07. The Balaban J connectivity index is 1.35. The van der Waals surface area contributed by atoms with Gasteiger partial charge in [-0.15, -0.1) is 0 Å². The van der Waals surface area contributed by atoms with E-state index in [2.05, 4.69) is 10.3 Å². The lowest BCUT2D eigenvalue weighted by Gasteiger charge is -2.16. The molecule has 5 heteroatoms. The molecule has 4 rings (SSSR count). The number of para-hydroxylation sites is 1. The average Bonchev–Trinajstić information content (AvgIpc) is 2.81. The Morgan fingerprint density at radius 2 is 1.71 bits per heavy atom. The summed E-state index contributed by atoms with van der Waals surface area (Å²) in [4.78, 5) is 28.7. The lowest BCUT2D eigenvalue weighted by Crippen LogP contribution is -2.31. The van der Waals surface area contributed by atoms with Gasteiger partial charge < -0.3 is 10.1 Å². The molecule has 0 bridgehead atoms. The van der Waals surface area contributed by atoms with Gasteiger partial charge in [0.25, 0.3) is 5.91 Å². The molecule has 1 amide bonds. The lowest BCUT2D eigenvalue weighted by molar-refractivity contribution is -0.144. The number of hydrogen-bond donors (Lipinski definition) is 1. The van der Waals surface area contributed by atoms with Crippen LogP contribution in [-0.4, -0.2) is 23.5 Å². The van der Waals surface area contributed by atoms with Gasteiger partial charge in [-0.2, -0.15) is 0 Å². The van der Waals surface area contributed by atoms with Crippen LogP contribution in [0.4, 0.5) is 0 Å². The standard InChI is InChI=1S/C26H22N2O3/c1-18(22-13-5-8-19-7-2-3-12-23(19)22)28-24(29)17-31-25(30)15-14-21-10-4-9-20-11-6-16-27-26(20)21/h2-16,18H,17H2,1H3,(H,28,29)/b15-14+/t18-/m0/s1. The monoisotopic (exact) mass is 410 g/mol. The largest absolute Gasteiger partial charge is 0.452 e. The molecule has 4 aromatic rings. The van der Waals surface area contributed by atoms with Crippen molar-refractivity contribution in [1.29, 1.82) is 0 Å². The third-order valence-electron chi connectivity index (χ3n) is 5.08. The van der Waals surface area contributed by atoms with E-state index in [0.29, 0.717) is 0 Å². The molecule has 0 unspecified atom stereocenters. The minimum absolute atomic E-state index is 0.213. The summed E-state index contributed by atoms with van der Waals surface area (Å²) in [7, 11) is 0.